The lowest BCUT2D eigenvalue weighted by atomic mass is 10.1. The van der Waals surface area contributed by atoms with E-state index in [2.05, 4.69) is 15.3 Å². The summed E-state index contributed by atoms with van der Waals surface area (Å²) in [5, 5.41) is 3.43. The van der Waals surface area contributed by atoms with Crippen LogP contribution in [0, 0.1) is 0 Å². The number of rotatable bonds is 3. The zero-order chi connectivity index (χ0) is 11.4. The molecule has 6 heteroatoms. The number of likely N-dealkylation sites (tertiary alicyclic amines) is 1. The van der Waals surface area contributed by atoms with Gasteiger partial charge in [0.25, 0.3) is 0 Å². The second kappa shape index (κ2) is 4.98. The minimum absolute atomic E-state index is 0.313. The second-order valence-electron chi connectivity index (χ2n) is 4.06. The third-order valence-corrected chi connectivity index (χ3v) is 2.94. The summed E-state index contributed by atoms with van der Waals surface area (Å²) in [7, 11) is 0. The van der Waals surface area contributed by atoms with E-state index in [1.807, 2.05) is 6.20 Å². The number of aromatic nitrogens is 2. The number of hydrogen-bond acceptors (Lipinski definition) is 3. The van der Waals surface area contributed by atoms with Crippen LogP contribution >= 0.6 is 0 Å². The van der Waals surface area contributed by atoms with Gasteiger partial charge in [0.15, 0.2) is 0 Å². The summed E-state index contributed by atoms with van der Waals surface area (Å²) >= 11 is 0. The molecule has 0 saturated carbocycles. The highest BCUT2D eigenvalue weighted by molar-refractivity contribution is 5.72. The molecule has 1 aliphatic heterocycles. The number of nitrogens with one attached hydrogen (secondary N) is 2. The van der Waals surface area contributed by atoms with Crippen molar-refractivity contribution in [3.8, 4) is 0 Å². The highest BCUT2D eigenvalue weighted by Crippen LogP contribution is 2.10. The normalized spacial score (nSPS) is 17.6. The lowest BCUT2D eigenvalue weighted by Crippen LogP contribution is -2.46. The molecule has 0 atom stereocenters. The van der Waals surface area contributed by atoms with Gasteiger partial charge in [0.2, 0.25) is 0 Å². The number of amides is 2. The van der Waals surface area contributed by atoms with Crippen molar-refractivity contribution in [2.45, 2.75) is 25.4 Å². The van der Waals surface area contributed by atoms with Gasteiger partial charge in [-0.05, 0) is 12.8 Å². The quantitative estimate of drug-likeness (QED) is 0.676. The first kappa shape index (κ1) is 10.9. The molecule has 1 aliphatic rings. The Morgan fingerprint density at radius 3 is 2.94 bits per heavy atom. The Labute approximate surface area is 94.2 Å². The van der Waals surface area contributed by atoms with Crippen molar-refractivity contribution in [3.63, 3.8) is 0 Å². The maximum Gasteiger partial charge on any atom is 0.314 e. The molecular weight excluding hydrogens is 206 g/mol. The van der Waals surface area contributed by atoms with E-state index in [0.717, 1.165) is 38.2 Å². The van der Waals surface area contributed by atoms with Gasteiger partial charge in [0.1, 0.15) is 0 Å². The maximum atomic E-state index is 10.9. The monoisotopic (exact) mass is 223 g/mol. The topological polar surface area (TPSA) is 87.0 Å². The average molecular weight is 223 g/mol. The van der Waals surface area contributed by atoms with Gasteiger partial charge in [-0.2, -0.15) is 0 Å². The SMILES string of the molecule is NC(=O)N1CCC(NCc2cnc[nH]2)CC1. The summed E-state index contributed by atoms with van der Waals surface area (Å²) in [6.45, 7) is 2.28. The predicted molar refractivity (Wildman–Crippen MR) is 59.6 cm³/mol. The molecule has 0 radical (unpaired) electrons. The van der Waals surface area contributed by atoms with Gasteiger partial charge in [0.05, 0.1) is 6.33 Å². The molecule has 0 unspecified atom stereocenters. The number of primary amides is 1. The second-order valence-corrected chi connectivity index (χ2v) is 4.06. The summed E-state index contributed by atoms with van der Waals surface area (Å²) in [5.41, 5.74) is 6.30. The Bertz CT molecular complexity index is 329. The fourth-order valence-corrected chi connectivity index (χ4v) is 1.94. The summed E-state index contributed by atoms with van der Waals surface area (Å²) in [4.78, 5) is 19.6. The van der Waals surface area contributed by atoms with Crippen molar-refractivity contribution in [3.05, 3.63) is 18.2 Å². The van der Waals surface area contributed by atoms with Gasteiger partial charge in [-0.15, -0.1) is 0 Å². The van der Waals surface area contributed by atoms with Crippen LogP contribution in [0.4, 0.5) is 4.79 Å². The van der Waals surface area contributed by atoms with E-state index in [0.29, 0.717) is 6.04 Å². The van der Waals surface area contributed by atoms with Crippen LogP contribution in [0.25, 0.3) is 0 Å². The highest BCUT2D eigenvalue weighted by Gasteiger charge is 2.20. The smallest absolute Gasteiger partial charge is 0.314 e. The molecule has 2 rings (SSSR count). The number of aromatic amines is 1. The third kappa shape index (κ3) is 2.73. The van der Waals surface area contributed by atoms with Crippen LogP contribution in [0.2, 0.25) is 0 Å². The number of hydrogen-bond donors (Lipinski definition) is 3. The standard InChI is InChI=1S/C10H17N5O/c11-10(16)15-3-1-8(2-4-15)13-6-9-5-12-7-14-9/h5,7-8,13H,1-4,6H2,(H2,11,16)(H,12,14). The van der Waals surface area contributed by atoms with E-state index >= 15 is 0 Å². The number of carbonyl (C=O) groups is 1. The Hall–Kier alpha value is -1.56. The number of carbonyl (C=O) groups excluding carboxylic acids is 1. The molecule has 1 aromatic rings. The Kier molecular flexibility index (Phi) is 3.40. The van der Waals surface area contributed by atoms with Gasteiger partial charge in [0, 0.05) is 37.6 Å². The summed E-state index contributed by atoms with van der Waals surface area (Å²) < 4.78 is 0. The molecule has 4 N–H and O–H groups in total. The molecule has 0 spiro atoms. The molecule has 1 fully saturated rings. The van der Waals surface area contributed by atoms with Crippen molar-refractivity contribution >= 4 is 6.03 Å². The zero-order valence-electron chi connectivity index (χ0n) is 9.15. The zero-order valence-corrected chi connectivity index (χ0v) is 9.15. The number of nitrogens with two attached hydrogens (primary N) is 1. The Balaban J connectivity index is 1.71. The van der Waals surface area contributed by atoms with E-state index in [1.54, 1.807) is 11.2 Å². The lowest BCUT2D eigenvalue weighted by Gasteiger charge is -2.31. The van der Waals surface area contributed by atoms with E-state index in [9.17, 15) is 4.79 Å². The van der Waals surface area contributed by atoms with E-state index in [1.165, 1.54) is 0 Å². The van der Waals surface area contributed by atoms with Crippen LogP contribution < -0.4 is 11.1 Å². The van der Waals surface area contributed by atoms with E-state index < -0.39 is 0 Å². The fraction of sp³-hybridized carbons (Fsp3) is 0.600. The number of H-pyrrole nitrogens is 1. The van der Waals surface area contributed by atoms with E-state index in [-0.39, 0.29) is 6.03 Å². The first-order valence-corrected chi connectivity index (χ1v) is 5.50. The maximum absolute atomic E-state index is 10.9. The Morgan fingerprint density at radius 1 is 1.62 bits per heavy atom. The number of urea groups is 1. The van der Waals surface area contributed by atoms with Crippen LogP contribution in [0.1, 0.15) is 18.5 Å². The van der Waals surface area contributed by atoms with Crippen LogP contribution in [0.3, 0.4) is 0 Å². The number of imidazole rings is 1. The summed E-state index contributed by atoms with van der Waals surface area (Å²) in [5.74, 6) is 0. The van der Waals surface area contributed by atoms with Crippen molar-refractivity contribution in [1.29, 1.82) is 0 Å². The molecule has 0 bridgehead atoms. The molecule has 2 heterocycles. The van der Waals surface area contributed by atoms with Crippen molar-refractivity contribution in [2.24, 2.45) is 5.73 Å². The third-order valence-electron chi connectivity index (χ3n) is 2.94. The van der Waals surface area contributed by atoms with Crippen LogP contribution in [-0.2, 0) is 6.54 Å². The van der Waals surface area contributed by atoms with Crippen LogP contribution in [-0.4, -0.2) is 40.0 Å². The summed E-state index contributed by atoms with van der Waals surface area (Å²) in [6, 6.07) is 0.144. The lowest BCUT2D eigenvalue weighted by molar-refractivity contribution is 0.185. The first-order valence-electron chi connectivity index (χ1n) is 5.50. The van der Waals surface area contributed by atoms with Gasteiger partial charge < -0.3 is 20.9 Å². The van der Waals surface area contributed by atoms with Crippen molar-refractivity contribution in [1.82, 2.24) is 20.2 Å². The van der Waals surface area contributed by atoms with Crippen LogP contribution in [0.5, 0.6) is 0 Å². The van der Waals surface area contributed by atoms with E-state index in [4.69, 9.17) is 5.73 Å². The van der Waals surface area contributed by atoms with Gasteiger partial charge in [-0.1, -0.05) is 0 Å². The van der Waals surface area contributed by atoms with Gasteiger partial charge in [-0.3, -0.25) is 0 Å². The molecule has 6 nitrogen and oxygen atoms in total. The fourth-order valence-electron chi connectivity index (χ4n) is 1.94. The first-order chi connectivity index (χ1) is 7.75. The molecule has 0 aromatic carbocycles. The highest BCUT2D eigenvalue weighted by atomic mass is 16.2. The minimum Gasteiger partial charge on any atom is -0.351 e. The number of piperidine rings is 1. The molecule has 88 valence electrons. The van der Waals surface area contributed by atoms with Gasteiger partial charge >= 0.3 is 6.03 Å². The molecular formula is C10H17N5O. The largest absolute Gasteiger partial charge is 0.351 e. The predicted octanol–water partition coefficient (Wildman–Crippen LogP) is 0.0424. The minimum atomic E-state index is -0.313. The average Bonchev–Trinajstić information content (AvgIpc) is 2.80. The molecule has 1 aromatic heterocycles. The summed E-state index contributed by atoms with van der Waals surface area (Å²) in [6.07, 6.45) is 5.40. The molecule has 16 heavy (non-hydrogen) atoms. The van der Waals surface area contributed by atoms with Crippen LogP contribution in [0.15, 0.2) is 12.5 Å². The van der Waals surface area contributed by atoms with Crippen molar-refractivity contribution < 1.29 is 4.79 Å². The molecule has 1 saturated heterocycles. The molecule has 2 amide bonds. The number of nitrogens with zero attached hydrogens (tertiary/aromatic N) is 2. The van der Waals surface area contributed by atoms with Gasteiger partial charge in [-0.25, -0.2) is 9.78 Å². The Morgan fingerprint density at radius 2 is 2.38 bits per heavy atom. The van der Waals surface area contributed by atoms with Crippen molar-refractivity contribution in [2.75, 3.05) is 13.1 Å². The molecule has 0 aliphatic carbocycles.